The van der Waals surface area contributed by atoms with E-state index in [9.17, 15) is 13.2 Å². The lowest BCUT2D eigenvalue weighted by atomic mass is 10.3. The molecule has 0 amide bonds. The van der Waals surface area contributed by atoms with E-state index in [1.807, 2.05) is 0 Å². The van der Waals surface area contributed by atoms with Gasteiger partial charge in [-0.1, -0.05) is 27.5 Å². The molecule has 0 saturated heterocycles. The molecule has 0 unspecified atom stereocenters. The van der Waals surface area contributed by atoms with Crippen molar-refractivity contribution in [2.75, 3.05) is 11.9 Å². The minimum atomic E-state index is -4.72. The summed E-state index contributed by atoms with van der Waals surface area (Å²) < 4.78 is 44.7. The molecule has 7 heteroatoms. The van der Waals surface area contributed by atoms with E-state index in [0.717, 1.165) is 23.9 Å². The van der Waals surface area contributed by atoms with Crippen molar-refractivity contribution in [3.05, 3.63) is 23.2 Å². The van der Waals surface area contributed by atoms with Crippen molar-refractivity contribution >= 4 is 27.5 Å². The molecule has 0 bridgehead atoms. The first-order valence-corrected chi connectivity index (χ1v) is 6.16. The summed E-state index contributed by atoms with van der Waals surface area (Å²) in [5.74, 6) is -0.0301. The SMILES string of the molecule is FC(F)(F)Oc1ccc(OCCCBr)c(Cl)c1. The van der Waals surface area contributed by atoms with E-state index in [1.54, 1.807) is 0 Å². The largest absolute Gasteiger partial charge is 0.573 e. The Bertz CT molecular complexity index is 371. The van der Waals surface area contributed by atoms with Crippen LogP contribution in [0.2, 0.25) is 5.02 Å². The molecule has 96 valence electrons. The number of hydrogen-bond donors (Lipinski definition) is 0. The quantitative estimate of drug-likeness (QED) is 0.587. The summed E-state index contributed by atoms with van der Waals surface area (Å²) in [6, 6.07) is 3.57. The molecular formula is C10H9BrClF3O2. The fraction of sp³-hybridized carbons (Fsp3) is 0.400. The van der Waals surface area contributed by atoms with E-state index >= 15 is 0 Å². The highest BCUT2D eigenvalue weighted by atomic mass is 79.9. The van der Waals surface area contributed by atoms with Gasteiger partial charge < -0.3 is 9.47 Å². The first-order chi connectivity index (χ1) is 7.92. The van der Waals surface area contributed by atoms with Crippen LogP contribution in [0.3, 0.4) is 0 Å². The zero-order valence-electron chi connectivity index (χ0n) is 8.56. The first kappa shape index (κ1) is 14.4. The Labute approximate surface area is 110 Å². The molecule has 1 aromatic rings. The van der Waals surface area contributed by atoms with E-state index in [-0.39, 0.29) is 10.8 Å². The van der Waals surface area contributed by atoms with Crippen molar-refractivity contribution in [2.45, 2.75) is 12.8 Å². The predicted octanol–water partition coefficient (Wildman–Crippen LogP) is 4.40. The summed E-state index contributed by atoms with van der Waals surface area (Å²) in [5, 5.41) is 0.862. The zero-order chi connectivity index (χ0) is 12.9. The van der Waals surface area contributed by atoms with Crippen LogP contribution in [0, 0.1) is 0 Å². The van der Waals surface area contributed by atoms with Gasteiger partial charge in [0.2, 0.25) is 0 Å². The third-order valence-corrected chi connectivity index (χ3v) is 2.53. The molecule has 0 heterocycles. The molecule has 0 aromatic heterocycles. The summed E-state index contributed by atoms with van der Waals surface area (Å²) in [6.45, 7) is 0.435. The van der Waals surface area contributed by atoms with E-state index in [4.69, 9.17) is 16.3 Å². The molecule has 17 heavy (non-hydrogen) atoms. The van der Waals surface area contributed by atoms with Gasteiger partial charge in [-0.25, -0.2) is 0 Å². The van der Waals surface area contributed by atoms with E-state index in [1.165, 1.54) is 6.07 Å². The topological polar surface area (TPSA) is 18.5 Å². The van der Waals surface area contributed by atoms with Gasteiger partial charge in [-0.3, -0.25) is 0 Å². The molecule has 0 radical (unpaired) electrons. The van der Waals surface area contributed by atoms with Crippen LogP contribution in [0.5, 0.6) is 11.5 Å². The highest BCUT2D eigenvalue weighted by molar-refractivity contribution is 9.09. The molecule has 0 aliphatic carbocycles. The Kier molecular flexibility index (Phi) is 5.39. The normalized spacial score (nSPS) is 11.4. The third-order valence-electron chi connectivity index (χ3n) is 1.67. The Hall–Kier alpha value is -0.620. The van der Waals surface area contributed by atoms with Gasteiger partial charge in [0.05, 0.1) is 11.6 Å². The Morgan fingerprint density at radius 2 is 2.00 bits per heavy atom. The second-order valence-corrected chi connectivity index (χ2v) is 4.23. The average Bonchev–Trinajstić information content (AvgIpc) is 2.19. The van der Waals surface area contributed by atoms with Gasteiger partial charge in [0, 0.05) is 11.4 Å². The highest BCUT2D eigenvalue weighted by Crippen LogP contribution is 2.31. The summed E-state index contributed by atoms with van der Waals surface area (Å²) in [6.07, 6.45) is -3.95. The molecule has 0 atom stereocenters. The van der Waals surface area contributed by atoms with Crippen LogP contribution in [0.4, 0.5) is 13.2 Å². The van der Waals surface area contributed by atoms with Crippen molar-refractivity contribution in [3.8, 4) is 11.5 Å². The Morgan fingerprint density at radius 3 is 2.53 bits per heavy atom. The van der Waals surface area contributed by atoms with Gasteiger partial charge in [-0.05, 0) is 18.6 Å². The predicted molar refractivity (Wildman–Crippen MR) is 62.0 cm³/mol. The lowest BCUT2D eigenvalue weighted by molar-refractivity contribution is -0.274. The van der Waals surface area contributed by atoms with Crippen molar-refractivity contribution in [2.24, 2.45) is 0 Å². The average molecular weight is 334 g/mol. The maximum Gasteiger partial charge on any atom is 0.573 e. The second kappa shape index (κ2) is 6.35. The molecule has 2 nitrogen and oxygen atoms in total. The molecule has 1 rings (SSSR count). The van der Waals surface area contributed by atoms with Crippen LogP contribution in [-0.2, 0) is 0 Å². The minimum absolute atomic E-state index is 0.0846. The smallest absolute Gasteiger partial charge is 0.492 e. The summed E-state index contributed by atoms with van der Waals surface area (Å²) in [7, 11) is 0. The standard InChI is InChI=1S/C10H9BrClF3O2/c11-4-1-5-16-9-3-2-7(6-8(9)12)17-10(13,14)15/h2-3,6H,1,4-5H2. The number of rotatable bonds is 5. The van der Waals surface area contributed by atoms with Crippen LogP contribution in [0.1, 0.15) is 6.42 Å². The van der Waals surface area contributed by atoms with Crippen LogP contribution in [0.25, 0.3) is 0 Å². The molecule has 0 aliphatic rings. The molecule has 0 saturated carbocycles. The maximum atomic E-state index is 11.9. The monoisotopic (exact) mass is 332 g/mol. The Morgan fingerprint density at radius 1 is 1.29 bits per heavy atom. The Balaban J connectivity index is 2.66. The molecule has 0 aliphatic heterocycles. The summed E-state index contributed by atoms with van der Waals surface area (Å²) >= 11 is 8.98. The number of ether oxygens (including phenoxy) is 2. The molecule has 0 N–H and O–H groups in total. The minimum Gasteiger partial charge on any atom is -0.492 e. The maximum absolute atomic E-state index is 11.9. The first-order valence-electron chi connectivity index (χ1n) is 4.66. The molecule has 0 spiro atoms. The lowest BCUT2D eigenvalue weighted by Crippen LogP contribution is -2.17. The van der Waals surface area contributed by atoms with Crippen molar-refractivity contribution in [1.29, 1.82) is 0 Å². The van der Waals surface area contributed by atoms with Gasteiger partial charge in [0.15, 0.2) is 0 Å². The number of benzene rings is 1. The van der Waals surface area contributed by atoms with Gasteiger partial charge >= 0.3 is 6.36 Å². The highest BCUT2D eigenvalue weighted by Gasteiger charge is 2.31. The van der Waals surface area contributed by atoms with Crippen LogP contribution in [-0.4, -0.2) is 18.3 Å². The summed E-state index contributed by atoms with van der Waals surface area (Å²) in [5.41, 5.74) is 0. The lowest BCUT2D eigenvalue weighted by Gasteiger charge is -2.11. The number of alkyl halides is 4. The van der Waals surface area contributed by atoms with Crippen molar-refractivity contribution < 1.29 is 22.6 Å². The fourth-order valence-corrected chi connectivity index (χ4v) is 1.49. The number of halogens is 5. The zero-order valence-corrected chi connectivity index (χ0v) is 10.9. The molecule has 1 aromatic carbocycles. The van der Waals surface area contributed by atoms with Gasteiger partial charge in [-0.15, -0.1) is 13.2 Å². The third kappa shape index (κ3) is 5.50. The van der Waals surface area contributed by atoms with Gasteiger partial charge in [0.25, 0.3) is 0 Å². The fourth-order valence-electron chi connectivity index (χ4n) is 1.03. The van der Waals surface area contributed by atoms with Crippen LogP contribution < -0.4 is 9.47 Å². The molecule has 0 fully saturated rings. The van der Waals surface area contributed by atoms with Crippen LogP contribution >= 0.6 is 27.5 Å². The van der Waals surface area contributed by atoms with Crippen molar-refractivity contribution in [1.82, 2.24) is 0 Å². The van der Waals surface area contributed by atoms with Gasteiger partial charge in [-0.2, -0.15) is 0 Å². The van der Waals surface area contributed by atoms with E-state index < -0.39 is 6.36 Å². The number of hydrogen-bond acceptors (Lipinski definition) is 2. The van der Waals surface area contributed by atoms with Crippen molar-refractivity contribution in [3.63, 3.8) is 0 Å². The van der Waals surface area contributed by atoms with E-state index in [2.05, 4.69) is 20.7 Å². The van der Waals surface area contributed by atoms with E-state index in [0.29, 0.717) is 12.4 Å². The molecular weight excluding hydrogens is 324 g/mol. The second-order valence-electron chi connectivity index (χ2n) is 3.03. The summed E-state index contributed by atoms with van der Waals surface area (Å²) in [4.78, 5) is 0. The van der Waals surface area contributed by atoms with Gasteiger partial charge in [0.1, 0.15) is 11.5 Å². The van der Waals surface area contributed by atoms with Crippen LogP contribution in [0.15, 0.2) is 18.2 Å².